The summed E-state index contributed by atoms with van der Waals surface area (Å²) in [4.78, 5) is 2.72. The van der Waals surface area contributed by atoms with Crippen molar-refractivity contribution in [2.75, 3.05) is 13.1 Å². The van der Waals surface area contributed by atoms with Gasteiger partial charge in [0.15, 0.2) is 0 Å². The van der Waals surface area contributed by atoms with Crippen LogP contribution in [-0.4, -0.2) is 24.0 Å². The first-order valence-corrected chi connectivity index (χ1v) is 6.02. The minimum atomic E-state index is 0.930. The van der Waals surface area contributed by atoms with Crippen molar-refractivity contribution >= 4 is 0 Å². The standard InChI is InChI=1S/C12H22N/c1-2-5-9-12(8-4-1)13-10-6-3-7-11-13/h6,12H,1-5,7-11H2. The summed E-state index contributed by atoms with van der Waals surface area (Å²) in [7, 11) is 0. The van der Waals surface area contributed by atoms with Crippen LogP contribution in [0.2, 0.25) is 0 Å². The molecule has 13 heavy (non-hydrogen) atoms. The zero-order chi connectivity index (χ0) is 8.93. The van der Waals surface area contributed by atoms with E-state index >= 15 is 0 Å². The summed E-state index contributed by atoms with van der Waals surface area (Å²) in [5.41, 5.74) is 0. The highest BCUT2D eigenvalue weighted by atomic mass is 15.2. The summed E-state index contributed by atoms with van der Waals surface area (Å²) < 4.78 is 0. The Bertz CT molecular complexity index is 130. The van der Waals surface area contributed by atoms with Gasteiger partial charge in [-0.3, -0.25) is 0 Å². The van der Waals surface area contributed by atoms with Crippen molar-refractivity contribution in [2.45, 2.75) is 57.4 Å². The van der Waals surface area contributed by atoms with Gasteiger partial charge in [-0.2, -0.15) is 0 Å². The van der Waals surface area contributed by atoms with Crippen molar-refractivity contribution < 1.29 is 0 Å². The van der Waals surface area contributed by atoms with E-state index < -0.39 is 0 Å². The van der Waals surface area contributed by atoms with Crippen molar-refractivity contribution in [1.82, 2.24) is 4.90 Å². The van der Waals surface area contributed by atoms with Gasteiger partial charge in [-0.15, -0.1) is 0 Å². The SMILES string of the molecule is [CH]1CCCN(C2CCCCCC2)C1. The molecule has 1 heteroatoms. The van der Waals surface area contributed by atoms with Crippen LogP contribution < -0.4 is 0 Å². The van der Waals surface area contributed by atoms with Crippen molar-refractivity contribution in [2.24, 2.45) is 0 Å². The molecule has 0 spiro atoms. The van der Waals surface area contributed by atoms with Gasteiger partial charge in [0.1, 0.15) is 0 Å². The first-order chi connectivity index (χ1) is 6.47. The summed E-state index contributed by atoms with van der Waals surface area (Å²) in [6, 6.07) is 0.930. The molecule has 0 aromatic heterocycles. The second-order valence-corrected chi connectivity index (χ2v) is 4.57. The van der Waals surface area contributed by atoms with Gasteiger partial charge in [0, 0.05) is 12.6 Å². The quantitative estimate of drug-likeness (QED) is 0.561. The zero-order valence-corrected chi connectivity index (χ0v) is 8.67. The molecule has 2 aliphatic rings. The van der Waals surface area contributed by atoms with E-state index in [1.807, 2.05) is 0 Å². The molecule has 75 valence electrons. The highest BCUT2D eigenvalue weighted by Crippen LogP contribution is 2.24. The van der Waals surface area contributed by atoms with Crippen LogP contribution in [0.3, 0.4) is 0 Å². The minimum absolute atomic E-state index is 0.930. The third-order valence-corrected chi connectivity index (χ3v) is 3.56. The first-order valence-electron chi connectivity index (χ1n) is 6.02. The van der Waals surface area contributed by atoms with Gasteiger partial charge in [0.2, 0.25) is 0 Å². The van der Waals surface area contributed by atoms with Gasteiger partial charge < -0.3 is 4.90 Å². The van der Waals surface area contributed by atoms with Gasteiger partial charge in [0.05, 0.1) is 0 Å². The molecular formula is C12H22N. The lowest BCUT2D eigenvalue weighted by atomic mass is 10.0. The Hall–Kier alpha value is -0.0400. The van der Waals surface area contributed by atoms with Gasteiger partial charge in [0.25, 0.3) is 0 Å². The molecule has 0 amide bonds. The lowest BCUT2D eigenvalue weighted by Gasteiger charge is -2.33. The molecule has 0 unspecified atom stereocenters. The fourth-order valence-corrected chi connectivity index (χ4v) is 2.74. The third kappa shape index (κ3) is 2.70. The Morgan fingerprint density at radius 2 is 1.69 bits per heavy atom. The Labute approximate surface area is 82.5 Å². The number of nitrogens with zero attached hydrogens (tertiary/aromatic N) is 1. The van der Waals surface area contributed by atoms with Crippen LogP contribution in [0, 0.1) is 6.42 Å². The van der Waals surface area contributed by atoms with Crippen LogP contribution >= 0.6 is 0 Å². The maximum atomic E-state index is 2.72. The zero-order valence-electron chi connectivity index (χ0n) is 8.67. The van der Waals surface area contributed by atoms with Crippen molar-refractivity contribution in [1.29, 1.82) is 0 Å². The van der Waals surface area contributed by atoms with E-state index in [0.717, 1.165) is 6.04 Å². The number of likely N-dealkylation sites (tertiary alicyclic amines) is 1. The van der Waals surface area contributed by atoms with E-state index in [0.29, 0.717) is 0 Å². The average molecular weight is 180 g/mol. The molecule has 1 saturated carbocycles. The van der Waals surface area contributed by atoms with E-state index in [-0.39, 0.29) is 0 Å². The van der Waals surface area contributed by atoms with E-state index in [2.05, 4.69) is 11.3 Å². The van der Waals surface area contributed by atoms with Crippen molar-refractivity contribution in [3.63, 3.8) is 0 Å². The molecule has 0 N–H and O–H groups in total. The maximum Gasteiger partial charge on any atom is 0.00953 e. The molecule has 0 bridgehead atoms. The smallest absolute Gasteiger partial charge is 0.00953 e. The predicted octanol–water partition coefficient (Wildman–Crippen LogP) is 3.01. The lowest BCUT2D eigenvalue weighted by Crippen LogP contribution is -2.39. The summed E-state index contributed by atoms with van der Waals surface area (Å²) in [5, 5.41) is 0. The van der Waals surface area contributed by atoms with Gasteiger partial charge >= 0.3 is 0 Å². The van der Waals surface area contributed by atoms with Gasteiger partial charge in [-0.25, -0.2) is 0 Å². The Balaban J connectivity index is 1.82. The van der Waals surface area contributed by atoms with E-state index in [1.54, 1.807) is 0 Å². The van der Waals surface area contributed by atoms with E-state index in [9.17, 15) is 0 Å². The number of hydrogen-bond acceptors (Lipinski definition) is 1. The van der Waals surface area contributed by atoms with Crippen molar-refractivity contribution in [3.8, 4) is 0 Å². The van der Waals surface area contributed by atoms with E-state index in [4.69, 9.17) is 0 Å². The summed E-state index contributed by atoms with van der Waals surface area (Å²) in [6.45, 7) is 2.63. The van der Waals surface area contributed by atoms with Gasteiger partial charge in [-0.05, 0) is 38.6 Å². The molecule has 1 heterocycles. The molecule has 2 rings (SSSR count). The maximum absolute atomic E-state index is 2.72. The van der Waals surface area contributed by atoms with Crippen LogP contribution in [0.15, 0.2) is 0 Å². The van der Waals surface area contributed by atoms with Crippen molar-refractivity contribution in [3.05, 3.63) is 6.42 Å². The molecule has 1 saturated heterocycles. The topological polar surface area (TPSA) is 3.24 Å². The number of piperidine rings is 1. The monoisotopic (exact) mass is 180 g/mol. The molecule has 0 aromatic carbocycles. The molecule has 2 fully saturated rings. The van der Waals surface area contributed by atoms with Crippen LogP contribution in [0.1, 0.15) is 51.4 Å². The summed E-state index contributed by atoms with van der Waals surface area (Å²) >= 11 is 0. The summed E-state index contributed by atoms with van der Waals surface area (Å²) in [6.07, 6.45) is 14.1. The Kier molecular flexibility index (Phi) is 3.65. The first kappa shape index (κ1) is 9.51. The molecular weight excluding hydrogens is 158 g/mol. The third-order valence-electron chi connectivity index (χ3n) is 3.56. The Morgan fingerprint density at radius 3 is 2.31 bits per heavy atom. The van der Waals surface area contributed by atoms with Crippen LogP contribution in [0.5, 0.6) is 0 Å². The number of rotatable bonds is 1. The lowest BCUT2D eigenvalue weighted by molar-refractivity contribution is 0.172. The average Bonchev–Trinajstić information content (AvgIpc) is 2.47. The Morgan fingerprint density at radius 1 is 0.923 bits per heavy atom. The molecule has 1 aliphatic carbocycles. The van der Waals surface area contributed by atoms with Gasteiger partial charge in [-0.1, -0.05) is 25.7 Å². The molecule has 1 aliphatic heterocycles. The normalized spacial score (nSPS) is 28.6. The highest BCUT2D eigenvalue weighted by Gasteiger charge is 2.21. The predicted molar refractivity (Wildman–Crippen MR) is 56.6 cm³/mol. The fourth-order valence-electron chi connectivity index (χ4n) is 2.74. The highest BCUT2D eigenvalue weighted by molar-refractivity contribution is 4.83. The molecule has 0 aromatic rings. The van der Waals surface area contributed by atoms with Crippen LogP contribution in [0.25, 0.3) is 0 Å². The number of hydrogen-bond donors (Lipinski definition) is 0. The second-order valence-electron chi connectivity index (χ2n) is 4.57. The van der Waals surface area contributed by atoms with Crippen LogP contribution in [0.4, 0.5) is 0 Å². The molecule has 1 radical (unpaired) electrons. The molecule has 0 atom stereocenters. The largest absolute Gasteiger partial charge is 0.300 e. The summed E-state index contributed by atoms with van der Waals surface area (Å²) in [5.74, 6) is 0. The van der Waals surface area contributed by atoms with E-state index in [1.165, 1.54) is 64.5 Å². The second kappa shape index (κ2) is 4.99. The fraction of sp³-hybridized carbons (Fsp3) is 0.917. The minimum Gasteiger partial charge on any atom is -0.300 e. The van der Waals surface area contributed by atoms with Crippen LogP contribution in [-0.2, 0) is 0 Å². The molecule has 1 nitrogen and oxygen atoms in total.